The van der Waals surface area contributed by atoms with Crippen molar-refractivity contribution < 1.29 is 14.8 Å². The van der Waals surface area contributed by atoms with Gasteiger partial charge in [-0.25, -0.2) is 4.98 Å². The van der Waals surface area contributed by atoms with E-state index in [0.717, 1.165) is 40.0 Å². The van der Waals surface area contributed by atoms with Gasteiger partial charge in [-0.3, -0.25) is 0 Å². The molecule has 0 fully saturated rings. The lowest BCUT2D eigenvalue weighted by molar-refractivity contribution is -0.921. The fourth-order valence-electron chi connectivity index (χ4n) is 4.48. The van der Waals surface area contributed by atoms with Gasteiger partial charge < -0.3 is 14.8 Å². The van der Waals surface area contributed by atoms with Gasteiger partial charge in [0.05, 0.1) is 17.2 Å². The van der Waals surface area contributed by atoms with E-state index in [1.165, 1.54) is 10.5 Å². The molecular formula is C27H21BrN2O2. The summed E-state index contributed by atoms with van der Waals surface area (Å²) in [6.07, 6.45) is 2.12. The Hall–Kier alpha value is -3.28. The standard InChI is InChI=1S/C27H21BrN2O2/c28-21-12-10-18(11-13-21)14-20-16-30(15-19-6-2-1-3-7-19)17-23-25(27(31)32)22-8-4-5-9-24(22)29-26(20)23/h1-14H,15-17H2,(H,31,32)/b20-14+. The Labute approximate surface area is 195 Å². The first-order valence-electron chi connectivity index (χ1n) is 10.6. The molecule has 4 nitrogen and oxygen atoms in total. The van der Waals surface area contributed by atoms with E-state index in [4.69, 9.17) is 4.98 Å². The number of halogens is 1. The van der Waals surface area contributed by atoms with Gasteiger partial charge in [-0.2, -0.15) is 0 Å². The summed E-state index contributed by atoms with van der Waals surface area (Å²) in [4.78, 5) is 18.5. The molecular weight excluding hydrogens is 464 g/mol. The molecule has 4 aromatic rings. The van der Waals surface area contributed by atoms with Crippen molar-refractivity contribution in [1.29, 1.82) is 0 Å². The topological polar surface area (TPSA) is 57.5 Å². The molecule has 32 heavy (non-hydrogen) atoms. The van der Waals surface area contributed by atoms with E-state index in [0.29, 0.717) is 17.4 Å². The van der Waals surface area contributed by atoms with Crippen LogP contribution in [0.1, 0.15) is 32.7 Å². The highest BCUT2D eigenvalue weighted by Crippen LogP contribution is 2.30. The van der Waals surface area contributed by atoms with Crippen LogP contribution in [0.5, 0.6) is 0 Å². The third-order valence-corrected chi connectivity index (χ3v) is 6.41. The molecule has 0 spiro atoms. The second-order valence-electron chi connectivity index (χ2n) is 8.11. The Morgan fingerprint density at radius 2 is 1.69 bits per heavy atom. The summed E-state index contributed by atoms with van der Waals surface area (Å²) >= 11 is 3.49. The summed E-state index contributed by atoms with van der Waals surface area (Å²) in [6, 6.07) is 25.8. The summed E-state index contributed by atoms with van der Waals surface area (Å²) in [5.74, 6) is -1.15. The molecule has 1 aliphatic heterocycles. The van der Waals surface area contributed by atoms with Gasteiger partial charge in [0, 0.05) is 32.1 Å². The van der Waals surface area contributed by atoms with Gasteiger partial charge in [0.25, 0.3) is 0 Å². The summed E-state index contributed by atoms with van der Waals surface area (Å²) < 4.78 is 1.02. The van der Waals surface area contributed by atoms with Gasteiger partial charge in [0.2, 0.25) is 0 Å². The summed E-state index contributed by atoms with van der Waals surface area (Å²) in [7, 11) is 0. The lowest BCUT2D eigenvalue weighted by atomic mass is 9.91. The maximum atomic E-state index is 12.3. The van der Waals surface area contributed by atoms with Crippen LogP contribution in [0.2, 0.25) is 0 Å². The first kappa shape index (κ1) is 20.6. The van der Waals surface area contributed by atoms with Crippen molar-refractivity contribution in [3.8, 4) is 0 Å². The van der Waals surface area contributed by atoms with E-state index in [-0.39, 0.29) is 5.56 Å². The lowest BCUT2D eigenvalue weighted by Gasteiger charge is -2.30. The highest BCUT2D eigenvalue weighted by Gasteiger charge is 2.29. The van der Waals surface area contributed by atoms with Crippen LogP contribution in [0.25, 0.3) is 22.6 Å². The van der Waals surface area contributed by atoms with E-state index in [1.807, 2.05) is 66.7 Å². The lowest BCUT2D eigenvalue weighted by Crippen LogP contribution is -3.10. The van der Waals surface area contributed by atoms with E-state index in [1.54, 1.807) is 0 Å². The Morgan fingerprint density at radius 3 is 2.44 bits per heavy atom. The van der Waals surface area contributed by atoms with Gasteiger partial charge in [-0.15, -0.1) is 0 Å². The van der Waals surface area contributed by atoms with E-state index in [2.05, 4.69) is 34.1 Å². The van der Waals surface area contributed by atoms with Gasteiger partial charge in [-0.05, 0) is 29.8 Å². The van der Waals surface area contributed by atoms with Crippen molar-refractivity contribution >= 4 is 44.5 Å². The Balaban J connectivity index is 1.68. The molecule has 0 amide bonds. The number of nitrogens with zero attached hydrogens (tertiary/aromatic N) is 1. The number of carboxylic acid groups (broad SMARTS) is 1. The van der Waals surface area contributed by atoms with E-state index >= 15 is 0 Å². The number of carbonyl (C=O) groups excluding carboxylic acids is 1. The Bertz CT molecular complexity index is 1330. The smallest absolute Gasteiger partial charge is 0.106 e. The highest BCUT2D eigenvalue weighted by molar-refractivity contribution is 9.10. The normalized spacial score (nSPS) is 16.8. The Kier molecular flexibility index (Phi) is 5.60. The molecule has 0 saturated carbocycles. The summed E-state index contributed by atoms with van der Waals surface area (Å²) in [5.41, 5.74) is 5.77. The molecule has 5 rings (SSSR count). The minimum Gasteiger partial charge on any atom is -0.545 e. The maximum Gasteiger partial charge on any atom is 0.106 e. The number of pyridine rings is 1. The third-order valence-electron chi connectivity index (χ3n) is 5.88. The van der Waals surface area contributed by atoms with Crippen LogP contribution >= 0.6 is 15.9 Å². The number of rotatable bonds is 4. The molecule has 0 bridgehead atoms. The SMILES string of the molecule is O=C([O-])c1c2c(nc3ccccc13)/C(=C/c1ccc(Br)cc1)C[NH+](Cc1ccccc1)C2. The quantitative estimate of drug-likeness (QED) is 0.482. The monoisotopic (exact) mass is 484 g/mol. The van der Waals surface area contributed by atoms with Crippen LogP contribution in [-0.2, 0) is 13.1 Å². The number of para-hydroxylation sites is 1. The van der Waals surface area contributed by atoms with Crippen molar-refractivity contribution in [1.82, 2.24) is 4.98 Å². The molecule has 1 unspecified atom stereocenters. The van der Waals surface area contributed by atoms with Crippen LogP contribution in [0.3, 0.4) is 0 Å². The number of nitrogens with one attached hydrogen (secondary N) is 1. The van der Waals surface area contributed by atoms with Crippen LogP contribution in [-0.4, -0.2) is 17.5 Å². The number of quaternary nitrogens is 1. The van der Waals surface area contributed by atoms with E-state index in [9.17, 15) is 9.90 Å². The minimum atomic E-state index is -1.15. The molecule has 1 atom stereocenters. The zero-order valence-corrected chi connectivity index (χ0v) is 18.9. The highest BCUT2D eigenvalue weighted by atomic mass is 79.9. The molecule has 0 aliphatic carbocycles. The number of carbonyl (C=O) groups is 1. The maximum absolute atomic E-state index is 12.3. The van der Waals surface area contributed by atoms with Gasteiger partial charge in [0.15, 0.2) is 0 Å². The predicted octanol–water partition coefficient (Wildman–Crippen LogP) is 3.50. The van der Waals surface area contributed by atoms with Crippen LogP contribution in [0.4, 0.5) is 0 Å². The zero-order valence-electron chi connectivity index (χ0n) is 17.3. The molecule has 0 radical (unpaired) electrons. The Morgan fingerprint density at radius 1 is 0.969 bits per heavy atom. The largest absolute Gasteiger partial charge is 0.545 e. The molecule has 5 heteroatoms. The van der Waals surface area contributed by atoms with Gasteiger partial charge >= 0.3 is 0 Å². The van der Waals surface area contributed by atoms with E-state index < -0.39 is 5.97 Å². The molecule has 3 aromatic carbocycles. The van der Waals surface area contributed by atoms with Gasteiger partial charge in [-0.1, -0.05) is 76.6 Å². The first-order valence-corrected chi connectivity index (χ1v) is 11.3. The fourth-order valence-corrected chi connectivity index (χ4v) is 4.74. The fraction of sp³-hybridized carbons (Fsp3) is 0.111. The van der Waals surface area contributed by atoms with Crippen molar-refractivity contribution in [3.05, 3.63) is 111 Å². The second kappa shape index (κ2) is 8.69. The average Bonchev–Trinajstić information content (AvgIpc) is 2.80. The molecule has 1 aromatic heterocycles. The number of fused-ring (bicyclic) bond motifs is 2. The van der Waals surface area contributed by atoms with Gasteiger partial charge in [0.1, 0.15) is 19.6 Å². The van der Waals surface area contributed by atoms with Crippen LogP contribution in [0, 0.1) is 0 Å². The predicted molar refractivity (Wildman–Crippen MR) is 128 cm³/mol. The zero-order chi connectivity index (χ0) is 22.1. The van der Waals surface area contributed by atoms with Crippen molar-refractivity contribution in [2.24, 2.45) is 0 Å². The minimum absolute atomic E-state index is 0.262. The molecule has 1 N–H and O–H groups in total. The number of hydrogen-bond acceptors (Lipinski definition) is 3. The number of aromatic carboxylic acids is 1. The number of aromatic nitrogens is 1. The molecule has 1 aliphatic rings. The number of hydrogen-bond donors (Lipinski definition) is 1. The first-order chi connectivity index (χ1) is 15.6. The number of carboxylic acids is 1. The van der Waals surface area contributed by atoms with Crippen molar-refractivity contribution in [2.45, 2.75) is 13.1 Å². The molecule has 0 saturated heterocycles. The summed E-state index contributed by atoms with van der Waals surface area (Å²) in [5, 5.41) is 12.9. The number of benzene rings is 3. The third kappa shape index (κ3) is 4.09. The van der Waals surface area contributed by atoms with Crippen molar-refractivity contribution in [3.63, 3.8) is 0 Å². The summed E-state index contributed by atoms with van der Waals surface area (Å²) in [6.45, 7) is 2.15. The second-order valence-corrected chi connectivity index (χ2v) is 9.02. The van der Waals surface area contributed by atoms with Crippen LogP contribution < -0.4 is 10.0 Å². The molecule has 2 heterocycles. The average molecular weight is 485 g/mol. The molecule has 158 valence electrons. The van der Waals surface area contributed by atoms with Crippen molar-refractivity contribution in [2.75, 3.05) is 6.54 Å². The van der Waals surface area contributed by atoms with Crippen LogP contribution in [0.15, 0.2) is 83.3 Å².